The monoisotopic (exact) mass is 636 g/mol. The molecule has 0 saturated carbocycles. The number of nitrogens with zero attached hydrogens (tertiary/aromatic N) is 6. The van der Waals surface area contributed by atoms with Gasteiger partial charge in [0.25, 0.3) is 0 Å². The average Bonchev–Trinajstić information content (AvgIpc) is 3.63. The zero-order valence-corrected chi connectivity index (χ0v) is 28.3. The minimum absolute atomic E-state index is 0.152. The van der Waals surface area contributed by atoms with E-state index in [1.54, 1.807) is 0 Å². The summed E-state index contributed by atoms with van der Waals surface area (Å²) in [5.74, 6) is 0.389. The van der Waals surface area contributed by atoms with Crippen molar-refractivity contribution in [3.05, 3.63) is 150 Å². The summed E-state index contributed by atoms with van der Waals surface area (Å²) < 4.78 is 4.59. The van der Waals surface area contributed by atoms with Gasteiger partial charge in [0.2, 0.25) is 0 Å². The molecular weight excluding hydrogens is 601 g/mol. The van der Waals surface area contributed by atoms with Gasteiger partial charge < -0.3 is 9.13 Å². The molecular formula is C43H36N6. The first kappa shape index (κ1) is 29.3. The third-order valence-electron chi connectivity index (χ3n) is 10.6. The van der Waals surface area contributed by atoms with E-state index in [0.29, 0.717) is 0 Å². The number of benzene rings is 2. The van der Waals surface area contributed by atoms with E-state index in [1.807, 2.05) is 37.2 Å². The van der Waals surface area contributed by atoms with Crippen LogP contribution in [0, 0.1) is 19.8 Å². The summed E-state index contributed by atoms with van der Waals surface area (Å²) >= 11 is 0. The highest BCUT2D eigenvalue weighted by Crippen LogP contribution is 2.45. The number of allylic oxidation sites excluding steroid dienone is 4. The van der Waals surface area contributed by atoms with Gasteiger partial charge in [0, 0.05) is 69.3 Å². The Labute approximate surface area is 285 Å². The predicted octanol–water partition coefficient (Wildman–Crippen LogP) is 10.2. The maximum atomic E-state index is 5.14. The SMILES string of the molecule is CC1=CC(c2cc3c4cnccc4n(-c4ccc(C)cc4)c3cn2)=C(C)C(C)C1c1cc2c3cnccc3n(-c3ccc(C)cc3)c2cn1. The van der Waals surface area contributed by atoms with Crippen LogP contribution < -0.4 is 0 Å². The van der Waals surface area contributed by atoms with Crippen molar-refractivity contribution in [3.63, 3.8) is 0 Å². The Morgan fingerprint density at radius 1 is 0.551 bits per heavy atom. The van der Waals surface area contributed by atoms with Crippen molar-refractivity contribution < 1.29 is 0 Å². The lowest BCUT2D eigenvalue weighted by molar-refractivity contribution is 0.564. The van der Waals surface area contributed by atoms with E-state index in [0.717, 1.165) is 61.0 Å². The van der Waals surface area contributed by atoms with Gasteiger partial charge in [-0.05, 0) is 87.7 Å². The zero-order chi connectivity index (χ0) is 33.4. The second-order valence-electron chi connectivity index (χ2n) is 13.6. The van der Waals surface area contributed by atoms with E-state index in [9.17, 15) is 0 Å². The summed E-state index contributed by atoms with van der Waals surface area (Å²) in [4.78, 5) is 19.2. The van der Waals surface area contributed by atoms with Gasteiger partial charge in [-0.15, -0.1) is 0 Å². The van der Waals surface area contributed by atoms with Crippen LogP contribution >= 0.6 is 0 Å². The normalized spacial score (nSPS) is 16.7. The largest absolute Gasteiger partial charge is 0.308 e. The van der Waals surface area contributed by atoms with Crippen LogP contribution in [0.1, 0.15) is 49.2 Å². The third-order valence-corrected chi connectivity index (χ3v) is 10.6. The molecule has 49 heavy (non-hydrogen) atoms. The second-order valence-corrected chi connectivity index (χ2v) is 13.6. The van der Waals surface area contributed by atoms with Gasteiger partial charge in [-0.2, -0.15) is 0 Å². The summed E-state index contributed by atoms with van der Waals surface area (Å²) in [5, 5.41) is 4.59. The van der Waals surface area contributed by atoms with Crippen molar-refractivity contribution in [1.82, 2.24) is 29.1 Å². The van der Waals surface area contributed by atoms with Crippen LogP contribution in [0.15, 0.2) is 127 Å². The fourth-order valence-corrected chi connectivity index (χ4v) is 7.89. The van der Waals surface area contributed by atoms with E-state index >= 15 is 0 Å². The molecule has 238 valence electrons. The number of aromatic nitrogens is 6. The molecule has 0 radical (unpaired) electrons. The lowest BCUT2D eigenvalue weighted by atomic mass is 9.74. The summed E-state index contributed by atoms with van der Waals surface area (Å²) in [5.41, 5.74) is 15.0. The van der Waals surface area contributed by atoms with Crippen molar-refractivity contribution in [2.75, 3.05) is 0 Å². The molecule has 9 rings (SSSR count). The zero-order valence-electron chi connectivity index (χ0n) is 28.3. The number of rotatable bonds is 4. The molecule has 6 nitrogen and oxygen atoms in total. The van der Waals surface area contributed by atoms with Crippen LogP contribution in [0.2, 0.25) is 0 Å². The van der Waals surface area contributed by atoms with Crippen molar-refractivity contribution in [2.24, 2.45) is 5.92 Å². The fourth-order valence-electron chi connectivity index (χ4n) is 7.89. The Morgan fingerprint density at radius 3 is 1.65 bits per heavy atom. The number of hydrogen-bond acceptors (Lipinski definition) is 4. The van der Waals surface area contributed by atoms with Crippen molar-refractivity contribution in [3.8, 4) is 11.4 Å². The molecule has 0 saturated heterocycles. The molecule has 0 fully saturated rings. The Bertz CT molecular complexity index is 2650. The van der Waals surface area contributed by atoms with Gasteiger partial charge in [-0.3, -0.25) is 19.9 Å². The van der Waals surface area contributed by atoms with Crippen LogP contribution in [0.25, 0.3) is 60.6 Å². The van der Waals surface area contributed by atoms with Crippen molar-refractivity contribution in [2.45, 2.75) is 40.5 Å². The number of hydrogen-bond donors (Lipinski definition) is 0. The van der Waals surface area contributed by atoms with E-state index in [-0.39, 0.29) is 11.8 Å². The topological polar surface area (TPSA) is 61.4 Å². The van der Waals surface area contributed by atoms with E-state index in [4.69, 9.17) is 9.97 Å². The van der Waals surface area contributed by atoms with Crippen LogP contribution in [-0.2, 0) is 0 Å². The van der Waals surface area contributed by atoms with Crippen LogP contribution in [0.5, 0.6) is 0 Å². The molecule has 0 aliphatic heterocycles. The highest BCUT2D eigenvalue weighted by Gasteiger charge is 2.30. The predicted molar refractivity (Wildman–Crippen MR) is 200 cm³/mol. The Balaban J connectivity index is 1.14. The summed E-state index contributed by atoms with van der Waals surface area (Å²) in [6, 6.07) is 26.1. The molecule has 0 amide bonds. The first-order chi connectivity index (χ1) is 23.9. The highest BCUT2D eigenvalue weighted by molar-refractivity contribution is 6.10. The van der Waals surface area contributed by atoms with Gasteiger partial charge in [-0.25, -0.2) is 0 Å². The molecule has 0 spiro atoms. The van der Waals surface area contributed by atoms with Crippen molar-refractivity contribution in [1.29, 1.82) is 0 Å². The molecule has 1 aliphatic carbocycles. The number of fused-ring (bicyclic) bond motifs is 6. The third kappa shape index (κ3) is 4.55. The first-order valence-electron chi connectivity index (χ1n) is 16.9. The lowest BCUT2D eigenvalue weighted by Gasteiger charge is -2.31. The molecule has 2 unspecified atom stereocenters. The number of pyridine rings is 4. The van der Waals surface area contributed by atoms with Gasteiger partial charge in [0.15, 0.2) is 0 Å². The van der Waals surface area contributed by atoms with Crippen LogP contribution in [0.4, 0.5) is 0 Å². The second kappa shape index (κ2) is 11.1. The lowest BCUT2D eigenvalue weighted by Crippen LogP contribution is -2.18. The molecule has 0 N–H and O–H groups in total. The van der Waals surface area contributed by atoms with E-state index < -0.39 is 0 Å². The number of aryl methyl sites for hydroxylation is 2. The molecule has 0 bridgehead atoms. The molecule has 8 aromatic rings. The summed E-state index contributed by atoms with van der Waals surface area (Å²) in [6.07, 6.45) is 14.1. The van der Waals surface area contributed by atoms with Crippen LogP contribution in [0.3, 0.4) is 0 Å². The first-order valence-corrected chi connectivity index (χ1v) is 16.9. The fraction of sp³-hybridized carbons (Fsp3) is 0.163. The Morgan fingerprint density at radius 2 is 1.08 bits per heavy atom. The molecule has 6 heteroatoms. The van der Waals surface area contributed by atoms with Gasteiger partial charge in [0.1, 0.15) is 0 Å². The highest BCUT2D eigenvalue weighted by atomic mass is 15.0. The molecule has 2 atom stereocenters. The van der Waals surface area contributed by atoms with E-state index in [2.05, 4.69) is 133 Å². The van der Waals surface area contributed by atoms with Gasteiger partial charge in [0.05, 0.1) is 40.2 Å². The average molecular weight is 637 g/mol. The van der Waals surface area contributed by atoms with Crippen LogP contribution in [-0.4, -0.2) is 29.1 Å². The Kier molecular flexibility index (Phi) is 6.63. The summed E-state index contributed by atoms with van der Waals surface area (Å²) in [7, 11) is 0. The molecule has 6 aromatic heterocycles. The van der Waals surface area contributed by atoms with Crippen molar-refractivity contribution >= 4 is 49.2 Å². The minimum Gasteiger partial charge on any atom is -0.308 e. The minimum atomic E-state index is 0.152. The molecule has 1 aliphatic rings. The quantitative estimate of drug-likeness (QED) is 0.193. The maximum absolute atomic E-state index is 5.14. The standard InChI is InChI=1S/C43H36N6/c1-25-6-10-30(11-7-25)48-39-14-16-44-21-35(39)33-19-37(46-23-41(33)48)32-18-27(3)43(29(5)28(32)4)38-20-34-36-22-45-17-15-40(36)49(42(34)24-47-38)31-12-8-26(2)9-13-31/h6-24,29,43H,1-5H3. The maximum Gasteiger partial charge on any atom is 0.0725 e. The van der Waals surface area contributed by atoms with Gasteiger partial charge >= 0.3 is 0 Å². The molecule has 2 aromatic carbocycles. The smallest absolute Gasteiger partial charge is 0.0725 e. The van der Waals surface area contributed by atoms with E-state index in [1.165, 1.54) is 33.2 Å². The van der Waals surface area contributed by atoms with Gasteiger partial charge in [-0.1, -0.05) is 59.5 Å². The summed E-state index contributed by atoms with van der Waals surface area (Å²) in [6.45, 7) is 11.1. The molecule has 6 heterocycles. The Hall–Kier alpha value is -5.88.